The standard InChI is InChI=1S/C22H32N8O7/c1-11(2)18(30-19(33)14(23)5-12-7-24-9-26-12)21(35)28-15(3-4-17(31)32)20(34)29-16(22(36)37)6-13-8-25-10-27-13/h7-11,14-16,18H,3-6,23H2,1-2H3,(H,24,26)(H,25,27)(H,28,35)(H,29,34)(H,30,33)(H,31,32)(H,36,37). The molecular formula is C22H32N8O7. The van der Waals surface area contributed by atoms with Crippen LogP contribution in [0.5, 0.6) is 0 Å². The molecule has 3 amide bonds. The number of carbonyl (C=O) groups is 5. The number of amides is 3. The van der Waals surface area contributed by atoms with Gasteiger partial charge in [-0.25, -0.2) is 14.8 Å². The number of aromatic nitrogens is 4. The van der Waals surface area contributed by atoms with Gasteiger partial charge in [0.25, 0.3) is 0 Å². The molecule has 2 rings (SSSR count). The fourth-order valence-corrected chi connectivity index (χ4v) is 3.41. The lowest BCUT2D eigenvalue weighted by molar-refractivity contribution is -0.143. The first-order valence-corrected chi connectivity index (χ1v) is 11.5. The van der Waals surface area contributed by atoms with Crippen molar-refractivity contribution in [2.45, 2.75) is 63.7 Å². The Morgan fingerprint density at radius 1 is 0.865 bits per heavy atom. The van der Waals surface area contributed by atoms with E-state index in [1.54, 1.807) is 13.8 Å². The third-order valence-corrected chi connectivity index (χ3v) is 5.45. The minimum atomic E-state index is -1.37. The number of imidazole rings is 2. The Hall–Kier alpha value is -4.27. The summed E-state index contributed by atoms with van der Waals surface area (Å²) >= 11 is 0. The molecule has 0 aromatic carbocycles. The molecule has 0 aliphatic heterocycles. The molecule has 0 saturated carbocycles. The molecule has 0 aliphatic rings. The van der Waals surface area contributed by atoms with Crippen LogP contribution in [0.15, 0.2) is 25.0 Å². The predicted octanol–water partition coefficient (Wildman–Crippen LogP) is -1.69. The molecule has 4 unspecified atom stereocenters. The number of aromatic amines is 2. The van der Waals surface area contributed by atoms with Gasteiger partial charge in [0.05, 0.1) is 18.7 Å². The number of carbonyl (C=O) groups excluding carboxylic acids is 3. The molecule has 0 radical (unpaired) electrons. The summed E-state index contributed by atoms with van der Waals surface area (Å²) in [5.41, 5.74) is 7.02. The van der Waals surface area contributed by atoms with Gasteiger partial charge in [0.15, 0.2) is 0 Å². The van der Waals surface area contributed by atoms with E-state index in [1.165, 1.54) is 25.0 Å². The second kappa shape index (κ2) is 13.7. The van der Waals surface area contributed by atoms with Gasteiger partial charge >= 0.3 is 11.9 Å². The molecule has 0 spiro atoms. The first kappa shape index (κ1) is 29.0. The lowest BCUT2D eigenvalue weighted by Crippen LogP contribution is -2.58. The third kappa shape index (κ3) is 9.36. The first-order valence-electron chi connectivity index (χ1n) is 11.5. The summed E-state index contributed by atoms with van der Waals surface area (Å²) in [5.74, 6) is -5.20. The van der Waals surface area contributed by atoms with Gasteiger partial charge in [0, 0.05) is 43.0 Å². The summed E-state index contributed by atoms with van der Waals surface area (Å²) < 4.78 is 0. The van der Waals surface area contributed by atoms with Crippen molar-refractivity contribution in [3.63, 3.8) is 0 Å². The number of nitrogens with zero attached hydrogens (tertiary/aromatic N) is 2. The molecule has 0 fully saturated rings. The summed E-state index contributed by atoms with van der Waals surface area (Å²) in [5, 5.41) is 25.9. The summed E-state index contributed by atoms with van der Waals surface area (Å²) in [6.45, 7) is 3.34. The van der Waals surface area contributed by atoms with Gasteiger partial charge in [-0.05, 0) is 12.3 Å². The van der Waals surface area contributed by atoms with E-state index in [2.05, 4.69) is 35.9 Å². The van der Waals surface area contributed by atoms with Crippen LogP contribution in [0.1, 0.15) is 38.1 Å². The maximum absolute atomic E-state index is 13.1. The second-order valence-corrected chi connectivity index (χ2v) is 8.79. The largest absolute Gasteiger partial charge is 0.481 e. The molecule has 9 N–H and O–H groups in total. The van der Waals surface area contributed by atoms with Gasteiger partial charge < -0.3 is 41.9 Å². The average molecular weight is 521 g/mol. The lowest BCUT2D eigenvalue weighted by atomic mass is 10.0. The van der Waals surface area contributed by atoms with Crippen LogP contribution in [0.4, 0.5) is 0 Å². The molecule has 202 valence electrons. The molecule has 15 nitrogen and oxygen atoms in total. The highest BCUT2D eigenvalue weighted by Crippen LogP contribution is 2.08. The molecule has 4 atom stereocenters. The van der Waals surface area contributed by atoms with E-state index in [0.29, 0.717) is 11.4 Å². The number of H-pyrrole nitrogens is 2. The van der Waals surface area contributed by atoms with E-state index in [9.17, 15) is 29.1 Å². The monoisotopic (exact) mass is 520 g/mol. The van der Waals surface area contributed by atoms with Crippen LogP contribution in [0.25, 0.3) is 0 Å². The number of nitrogens with two attached hydrogens (primary N) is 1. The van der Waals surface area contributed by atoms with Crippen LogP contribution >= 0.6 is 0 Å². The number of carboxylic acid groups (broad SMARTS) is 2. The Morgan fingerprint density at radius 2 is 1.43 bits per heavy atom. The molecule has 2 aromatic rings. The SMILES string of the molecule is CC(C)C(NC(=O)C(N)Cc1cnc[nH]1)C(=O)NC(CCC(=O)O)C(=O)NC(Cc1cnc[nH]1)C(=O)O. The Kier molecular flexibility index (Phi) is 10.7. The Labute approximate surface area is 212 Å². The van der Waals surface area contributed by atoms with Crippen molar-refractivity contribution in [1.82, 2.24) is 35.9 Å². The Morgan fingerprint density at radius 3 is 1.92 bits per heavy atom. The third-order valence-electron chi connectivity index (χ3n) is 5.45. The lowest BCUT2D eigenvalue weighted by Gasteiger charge is -2.26. The van der Waals surface area contributed by atoms with Crippen LogP contribution in [0.2, 0.25) is 0 Å². The van der Waals surface area contributed by atoms with Gasteiger partial charge in [0.1, 0.15) is 18.1 Å². The van der Waals surface area contributed by atoms with Crippen molar-refractivity contribution in [1.29, 1.82) is 0 Å². The zero-order chi connectivity index (χ0) is 27.5. The average Bonchev–Trinajstić information content (AvgIpc) is 3.53. The van der Waals surface area contributed by atoms with Gasteiger partial charge in [-0.3, -0.25) is 19.2 Å². The molecule has 37 heavy (non-hydrogen) atoms. The van der Waals surface area contributed by atoms with Gasteiger partial charge in [0.2, 0.25) is 17.7 Å². The maximum atomic E-state index is 13.1. The normalized spacial score (nSPS) is 14.3. The number of rotatable bonds is 15. The highest BCUT2D eigenvalue weighted by molar-refractivity contribution is 5.94. The van der Waals surface area contributed by atoms with E-state index >= 15 is 0 Å². The summed E-state index contributed by atoms with van der Waals surface area (Å²) in [6, 6.07) is -4.82. The van der Waals surface area contributed by atoms with Crippen LogP contribution in [0.3, 0.4) is 0 Å². The molecular weight excluding hydrogens is 488 g/mol. The highest BCUT2D eigenvalue weighted by atomic mass is 16.4. The van der Waals surface area contributed by atoms with Crippen molar-refractivity contribution in [2.24, 2.45) is 11.7 Å². The number of carboxylic acids is 2. The summed E-state index contributed by atoms with van der Waals surface area (Å²) in [7, 11) is 0. The molecule has 2 heterocycles. The zero-order valence-electron chi connectivity index (χ0n) is 20.4. The minimum absolute atomic E-state index is 0.112. The van der Waals surface area contributed by atoms with Crippen LogP contribution in [-0.4, -0.2) is 84.0 Å². The van der Waals surface area contributed by atoms with Crippen LogP contribution < -0.4 is 21.7 Å². The molecule has 0 aliphatic carbocycles. The topological polar surface area (TPSA) is 245 Å². The first-order chi connectivity index (χ1) is 17.5. The molecule has 15 heteroatoms. The highest BCUT2D eigenvalue weighted by Gasteiger charge is 2.32. The zero-order valence-corrected chi connectivity index (χ0v) is 20.4. The number of hydrogen-bond acceptors (Lipinski definition) is 8. The van der Waals surface area contributed by atoms with Gasteiger partial charge in [-0.15, -0.1) is 0 Å². The minimum Gasteiger partial charge on any atom is -0.481 e. The second-order valence-electron chi connectivity index (χ2n) is 8.79. The number of hydrogen-bond donors (Lipinski definition) is 8. The van der Waals surface area contributed by atoms with E-state index in [4.69, 9.17) is 10.8 Å². The van der Waals surface area contributed by atoms with Crippen LogP contribution in [-0.2, 0) is 36.8 Å². The summed E-state index contributed by atoms with van der Waals surface area (Å²) in [6.07, 6.45) is 4.98. The van der Waals surface area contributed by atoms with E-state index in [0.717, 1.165) is 0 Å². The van der Waals surface area contributed by atoms with Crippen molar-refractivity contribution in [2.75, 3.05) is 0 Å². The maximum Gasteiger partial charge on any atom is 0.326 e. The summed E-state index contributed by atoms with van der Waals surface area (Å²) in [4.78, 5) is 74.6. The Balaban J connectivity index is 2.10. The molecule has 2 aromatic heterocycles. The van der Waals surface area contributed by atoms with E-state index in [-0.39, 0.29) is 19.3 Å². The number of nitrogens with one attached hydrogen (secondary N) is 5. The fraction of sp³-hybridized carbons (Fsp3) is 0.500. The van der Waals surface area contributed by atoms with Crippen molar-refractivity contribution < 1.29 is 34.2 Å². The van der Waals surface area contributed by atoms with Gasteiger partial charge in [-0.2, -0.15) is 0 Å². The quantitative estimate of drug-likeness (QED) is 0.132. The molecule has 0 saturated heterocycles. The van der Waals surface area contributed by atoms with E-state index < -0.39 is 66.2 Å². The van der Waals surface area contributed by atoms with Crippen molar-refractivity contribution >= 4 is 29.7 Å². The predicted molar refractivity (Wildman–Crippen MR) is 128 cm³/mol. The van der Waals surface area contributed by atoms with Crippen molar-refractivity contribution in [3.05, 3.63) is 36.4 Å². The van der Waals surface area contributed by atoms with Gasteiger partial charge in [-0.1, -0.05) is 13.8 Å². The fourth-order valence-electron chi connectivity index (χ4n) is 3.41. The molecule has 0 bridgehead atoms. The number of aliphatic carboxylic acids is 2. The van der Waals surface area contributed by atoms with Crippen LogP contribution in [0, 0.1) is 5.92 Å². The smallest absolute Gasteiger partial charge is 0.326 e. The Bertz CT molecular complexity index is 1060. The van der Waals surface area contributed by atoms with E-state index in [1.807, 2.05) is 0 Å². The van der Waals surface area contributed by atoms with Crippen molar-refractivity contribution in [3.8, 4) is 0 Å².